The zero-order chi connectivity index (χ0) is 11.0. The second kappa shape index (κ2) is 3.74. The van der Waals surface area contributed by atoms with Crippen LogP contribution in [0.4, 0.5) is 0 Å². The Bertz CT molecular complexity index is 403. The largest absolute Gasteiger partial charge is 0.490 e. The molecule has 0 radical (unpaired) electrons. The molecule has 0 bridgehead atoms. The Morgan fingerprint density at radius 3 is 3.00 bits per heavy atom. The molecule has 0 saturated heterocycles. The number of carboxylic acid groups (broad SMARTS) is 1. The summed E-state index contributed by atoms with van der Waals surface area (Å²) in [5.74, 6) is -0.362. The summed E-state index contributed by atoms with van der Waals surface area (Å²) in [4.78, 5) is 10.8. The lowest BCUT2D eigenvalue weighted by molar-refractivity contribution is 0.0695. The molecule has 1 heterocycles. The van der Waals surface area contributed by atoms with Crippen LogP contribution in [0.1, 0.15) is 34.6 Å². The molecule has 0 amide bonds. The van der Waals surface area contributed by atoms with E-state index in [2.05, 4.69) is 0 Å². The van der Waals surface area contributed by atoms with Gasteiger partial charge in [0.25, 0.3) is 0 Å². The van der Waals surface area contributed by atoms with E-state index in [1.54, 1.807) is 12.1 Å². The first-order chi connectivity index (χ1) is 7.08. The molecule has 1 N–H and O–H groups in total. The lowest BCUT2D eigenvalue weighted by Crippen LogP contribution is -2.20. The Morgan fingerprint density at radius 1 is 1.60 bits per heavy atom. The minimum Gasteiger partial charge on any atom is -0.490 e. The number of rotatable bonds is 1. The molecule has 0 aromatic heterocycles. The molecule has 1 aromatic rings. The number of aromatic carboxylic acids is 1. The lowest BCUT2D eigenvalue weighted by Gasteiger charge is -2.27. The van der Waals surface area contributed by atoms with Gasteiger partial charge in [-0.25, -0.2) is 4.79 Å². The van der Waals surface area contributed by atoms with Gasteiger partial charge in [-0.05, 0) is 19.1 Å². The zero-order valence-electron chi connectivity index (χ0n) is 8.24. The smallest absolute Gasteiger partial charge is 0.335 e. The molecular formula is C11H11ClO3. The Labute approximate surface area is 92.6 Å². The van der Waals surface area contributed by atoms with Gasteiger partial charge in [0.05, 0.1) is 17.0 Å². The average Bonchev–Trinajstić information content (AvgIpc) is 2.16. The minimum atomic E-state index is -0.953. The van der Waals surface area contributed by atoms with Crippen LogP contribution in [0.15, 0.2) is 18.2 Å². The highest BCUT2D eigenvalue weighted by molar-refractivity contribution is 6.21. The maximum absolute atomic E-state index is 10.8. The third-order valence-corrected chi connectivity index (χ3v) is 2.88. The van der Waals surface area contributed by atoms with Crippen LogP contribution in [0.2, 0.25) is 0 Å². The third kappa shape index (κ3) is 1.92. The molecule has 1 aliphatic rings. The van der Waals surface area contributed by atoms with Crippen molar-refractivity contribution in [3.8, 4) is 5.75 Å². The van der Waals surface area contributed by atoms with Gasteiger partial charge in [-0.3, -0.25) is 0 Å². The fourth-order valence-electron chi connectivity index (χ4n) is 1.71. The second-order valence-electron chi connectivity index (χ2n) is 3.69. The predicted octanol–water partition coefficient (Wildman–Crippen LogP) is 2.84. The molecule has 80 valence electrons. The van der Waals surface area contributed by atoms with Gasteiger partial charge in [-0.2, -0.15) is 0 Å². The number of hydrogen-bond acceptors (Lipinski definition) is 2. The Morgan fingerprint density at radius 2 is 2.33 bits per heavy atom. The third-order valence-electron chi connectivity index (χ3n) is 2.46. The van der Waals surface area contributed by atoms with Gasteiger partial charge in [0.1, 0.15) is 5.75 Å². The molecular weight excluding hydrogens is 216 g/mol. The summed E-state index contributed by atoms with van der Waals surface area (Å²) >= 11 is 6.15. The summed E-state index contributed by atoms with van der Waals surface area (Å²) in [5.41, 5.74) is 1.10. The van der Waals surface area contributed by atoms with Crippen LogP contribution in [0.3, 0.4) is 0 Å². The average molecular weight is 227 g/mol. The maximum Gasteiger partial charge on any atom is 0.335 e. The van der Waals surface area contributed by atoms with Crippen molar-refractivity contribution >= 4 is 17.6 Å². The number of halogens is 1. The zero-order valence-corrected chi connectivity index (χ0v) is 8.99. The van der Waals surface area contributed by atoms with Gasteiger partial charge in [0.15, 0.2) is 0 Å². The molecule has 15 heavy (non-hydrogen) atoms. The van der Waals surface area contributed by atoms with Crippen LogP contribution in [-0.2, 0) is 0 Å². The predicted molar refractivity (Wildman–Crippen MR) is 56.7 cm³/mol. The quantitative estimate of drug-likeness (QED) is 0.749. The van der Waals surface area contributed by atoms with E-state index in [1.807, 2.05) is 6.92 Å². The summed E-state index contributed by atoms with van der Waals surface area (Å²) in [6.45, 7) is 1.92. The Kier molecular flexibility index (Phi) is 2.57. The van der Waals surface area contributed by atoms with Crippen molar-refractivity contribution in [3.63, 3.8) is 0 Å². The Hall–Kier alpha value is -1.22. The maximum atomic E-state index is 10.8. The fourth-order valence-corrected chi connectivity index (χ4v) is 2.14. The highest BCUT2D eigenvalue weighted by Gasteiger charge is 2.24. The first-order valence-electron chi connectivity index (χ1n) is 4.76. The topological polar surface area (TPSA) is 46.5 Å². The second-order valence-corrected chi connectivity index (χ2v) is 4.22. The standard InChI is InChI=1S/C11H11ClO3/c1-6-4-9(12)8-3-2-7(11(13)14)5-10(8)15-6/h2-3,5-6,9H,4H2,1H3,(H,13,14). The van der Waals surface area contributed by atoms with Crippen molar-refractivity contribution in [2.24, 2.45) is 0 Å². The SMILES string of the molecule is CC1CC(Cl)c2ccc(C(=O)O)cc2O1. The summed E-state index contributed by atoms with van der Waals surface area (Å²) < 4.78 is 5.55. The summed E-state index contributed by atoms with van der Waals surface area (Å²) in [6, 6.07) is 4.81. The summed E-state index contributed by atoms with van der Waals surface area (Å²) in [6.07, 6.45) is 0.782. The summed E-state index contributed by atoms with van der Waals surface area (Å²) in [7, 11) is 0. The molecule has 0 fully saturated rings. The van der Waals surface area contributed by atoms with Crippen LogP contribution in [0, 0.1) is 0 Å². The molecule has 0 spiro atoms. The molecule has 2 unspecified atom stereocenters. The normalized spacial score (nSPS) is 24.1. The lowest BCUT2D eigenvalue weighted by atomic mass is 10.0. The number of fused-ring (bicyclic) bond motifs is 1. The van der Waals surface area contributed by atoms with Gasteiger partial charge in [0, 0.05) is 12.0 Å². The monoisotopic (exact) mass is 226 g/mol. The van der Waals surface area contributed by atoms with Gasteiger partial charge >= 0.3 is 5.97 Å². The van der Waals surface area contributed by atoms with E-state index in [9.17, 15) is 4.79 Å². The molecule has 2 atom stereocenters. The van der Waals surface area contributed by atoms with Crippen molar-refractivity contribution < 1.29 is 14.6 Å². The molecule has 2 rings (SSSR count). The molecule has 1 aromatic carbocycles. The van der Waals surface area contributed by atoms with Crippen LogP contribution < -0.4 is 4.74 Å². The first kappa shape index (κ1) is 10.3. The molecule has 4 heteroatoms. The van der Waals surface area contributed by atoms with Crippen molar-refractivity contribution in [2.75, 3.05) is 0 Å². The number of ether oxygens (including phenoxy) is 1. The number of alkyl halides is 1. The van der Waals surface area contributed by atoms with Crippen LogP contribution in [-0.4, -0.2) is 17.2 Å². The first-order valence-corrected chi connectivity index (χ1v) is 5.19. The highest BCUT2D eigenvalue weighted by atomic mass is 35.5. The van der Waals surface area contributed by atoms with E-state index in [-0.39, 0.29) is 17.0 Å². The van der Waals surface area contributed by atoms with Crippen LogP contribution >= 0.6 is 11.6 Å². The van der Waals surface area contributed by atoms with E-state index in [0.717, 1.165) is 12.0 Å². The molecule has 0 aliphatic carbocycles. The van der Waals surface area contributed by atoms with Crippen molar-refractivity contribution in [3.05, 3.63) is 29.3 Å². The van der Waals surface area contributed by atoms with E-state index in [1.165, 1.54) is 6.07 Å². The van der Waals surface area contributed by atoms with Crippen molar-refractivity contribution in [2.45, 2.75) is 24.8 Å². The molecule has 3 nitrogen and oxygen atoms in total. The van der Waals surface area contributed by atoms with E-state index < -0.39 is 5.97 Å². The van der Waals surface area contributed by atoms with E-state index >= 15 is 0 Å². The Balaban J connectivity index is 2.43. The van der Waals surface area contributed by atoms with Gasteiger partial charge in [-0.15, -0.1) is 11.6 Å². The van der Waals surface area contributed by atoms with Crippen LogP contribution in [0.25, 0.3) is 0 Å². The van der Waals surface area contributed by atoms with Gasteiger partial charge in [0.2, 0.25) is 0 Å². The number of carboxylic acids is 1. The van der Waals surface area contributed by atoms with Gasteiger partial charge < -0.3 is 9.84 Å². The molecule has 1 aliphatic heterocycles. The number of carbonyl (C=O) groups is 1. The summed E-state index contributed by atoms with van der Waals surface area (Å²) in [5, 5.41) is 8.74. The van der Waals surface area contributed by atoms with Gasteiger partial charge in [-0.1, -0.05) is 6.07 Å². The van der Waals surface area contributed by atoms with Crippen LogP contribution in [0.5, 0.6) is 5.75 Å². The minimum absolute atomic E-state index is 0.0315. The van der Waals surface area contributed by atoms with E-state index in [4.69, 9.17) is 21.4 Å². The molecule has 0 saturated carbocycles. The fraction of sp³-hybridized carbons (Fsp3) is 0.364. The number of hydrogen-bond donors (Lipinski definition) is 1. The van der Waals surface area contributed by atoms with E-state index in [0.29, 0.717) is 5.75 Å². The number of benzene rings is 1. The van der Waals surface area contributed by atoms with Crippen molar-refractivity contribution in [1.82, 2.24) is 0 Å². The highest BCUT2D eigenvalue weighted by Crippen LogP contribution is 2.39. The van der Waals surface area contributed by atoms with Crippen molar-refractivity contribution in [1.29, 1.82) is 0 Å².